The van der Waals surface area contributed by atoms with Crippen molar-refractivity contribution >= 4 is 28.3 Å². The van der Waals surface area contributed by atoms with E-state index in [9.17, 15) is 22.4 Å². The SMILES string of the molecule is [2H]C([2H])([2H])N(C(=O)c1cc2c(cn1)nc(N)c1cncn12)[C@@H]1COc2c1ccc(C(F)(F)F)c2F. The van der Waals surface area contributed by atoms with E-state index in [-0.39, 0.29) is 17.1 Å². The Morgan fingerprint density at radius 1 is 1.34 bits per heavy atom. The van der Waals surface area contributed by atoms with Crippen molar-refractivity contribution in [3.05, 3.63) is 59.6 Å². The first-order valence-corrected chi connectivity index (χ1v) is 9.11. The van der Waals surface area contributed by atoms with Gasteiger partial charge in [-0.2, -0.15) is 13.2 Å². The maximum Gasteiger partial charge on any atom is 0.419 e. The van der Waals surface area contributed by atoms with Crippen molar-refractivity contribution in [3.8, 4) is 5.75 Å². The standard InChI is InChI=1S/C20H14F4N6O2/c1-29(15-7-32-17-9(15)2-3-10(16(17)21)20(22,23)24)19(31)11-4-13-12(5-27-11)28-18(25)14-6-26-8-30(13)14/h2-6,8,15H,7H2,1H3,(H2,25,28)/t15-/m1/s1/i1D3. The lowest BCUT2D eigenvalue weighted by Crippen LogP contribution is -2.32. The van der Waals surface area contributed by atoms with Gasteiger partial charge in [0, 0.05) is 16.7 Å². The Labute approximate surface area is 181 Å². The topological polar surface area (TPSA) is 98.6 Å². The molecule has 5 rings (SSSR count). The van der Waals surface area contributed by atoms with Gasteiger partial charge in [-0.05, 0) is 12.1 Å². The Hall–Kier alpha value is -3.96. The maximum atomic E-state index is 14.5. The second-order valence-electron chi connectivity index (χ2n) is 7.05. The predicted octanol–water partition coefficient (Wildman–Crippen LogP) is 3.22. The van der Waals surface area contributed by atoms with E-state index in [2.05, 4.69) is 15.0 Å². The van der Waals surface area contributed by atoms with Gasteiger partial charge in [0.1, 0.15) is 29.2 Å². The highest BCUT2D eigenvalue weighted by molar-refractivity contribution is 5.96. The summed E-state index contributed by atoms with van der Waals surface area (Å²) in [6, 6.07) is 1.29. The molecule has 0 fully saturated rings. The summed E-state index contributed by atoms with van der Waals surface area (Å²) in [5, 5.41) is 0. The van der Waals surface area contributed by atoms with Gasteiger partial charge in [-0.3, -0.25) is 9.20 Å². The molecule has 8 nitrogen and oxygen atoms in total. The highest BCUT2D eigenvalue weighted by atomic mass is 19.4. The first-order valence-electron chi connectivity index (χ1n) is 10.6. The number of imidazole rings is 1. The van der Waals surface area contributed by atoms with Crippen molar-refractivity contribution in [2.75, 3.05) is 19.3 Å². The number of hydrogen-bond donors (Lipinski definition) is 1. The molecule has 4 heterocycles. The molecule has 1 aromatic carbocycles. The van der Waals surface area contributed by atoms with E-state index in [0.717, 1.165) is 6.07 Å². The van der Waals surface area contributed by atoms with E-state index in [0.29, 0.717) is 27.5 Å². The van der Waals surface area contributed by atoms with Crippen LogP contribution in [0.1, 0.15) is 31.8 Å². The molecule has 0 saturated carbocycles. The molecule has 0 unspecified atom stereocenters. The van der Waals surface area contributed by atoms with Gasteiger partial charge >= 0.3 is 6.18 Å². The van der Waals surface area contributed by atoms with E-state index in [1.54, 1.807) is 0 Å². The lowest BCUT2D eigenvalue weighted by Gasteiger charge is -2.23. The fraction of sp³-hybridized carbons (Fsp3) is 0.200. The second-order valence-corrected chi connectivity index (χ2v) is 7.05. The third-order valence-electron chi connectivity index (χ3n) is 5.19. The first-order chi connectivity index (χ1) is 16.4. The van der Waals surface area contributed by atoms with Crippen LogP contribution in [0.2, 0.25) is 0 Å². The zero-order valence-corrected chi connectivity index (χ0v) is 15.9. The molecular formula is C20H14F4N6O2. The molecule has 1 amide bonds. The summed E-state index contributed by atoms with van der Waals surface area (Å²) >= 11 is 0. The van der Waals surface area contributed by atoms with Crippen LogP contribution in [0.25, 0.3) is 16.6 Å². The Balaban J connectivity index is 1.60. The molecule has 0 aliphatic carbocycles. The smallest absolute Gasteiger partial charge is 0.419 e. The number of hydrogen-bond acceptors (Lipinski definition) is 6. The van der Waals surface area contributed by atoms with Crippen molar-refractivity contribution in [2.45, 2.75) is 12.2 Å². The number of carbonyl (C=O) groups is 1. The molecule has 3 aromatic heterocycles. The van der Waals surface area contributed by atoms with Gasteiger partial charge in [-0.1, -0.05) is 6.07 Å². The van der Waals surface area contributed by atoms with Crippen molar-refractivity contribution in [1.82, 2.24) is 24.3 Å². The summed E-state index contributed by atoms with van der Waals surface area (Å²) < 4.78 is 84.1. The Bertz CT molecular complexity index is 1500. The minimum atomic E-state index is -4.98. The van der Waals surface area contributed by atoms with Crippen LogP contribution in [-0.4, -0.2) is 43.7 Å². The van der Waals surface area contributed by atoms with E-state index in [4.69, 9.17) is 14.6 Å². The largest absolute Gasteiger partial charge is 0.488 e. The molecule has 1 aliphatic heterocycles. The van der Waals surface area contributed by atoms with Crippen molar-refractivity contribution in [3.63, 3.8) is 0 Å². The normalized spacial score (nSPS) is 17.5. The summed E-state index contributed by atoms with van der Waals surface area (Å²) in [7, 11) is 0. The fourth-order valence-corrected chi connectivity index (χ4v) is 3.63. The Kier molecular flexibility index (Phi) is 3.53. The molecular weight excluding hydrogens is 432 g/mol. The summed E-state index contributed by atoms with van der Waals surface area (Å²) in [4.78, 5) is 26.0. The Morgan fingerprint density at radius 3 is 2.91 bits per heavy atom. The second kappa shape index (κ2) is 6.77. The fourth-order valence-electron chi connectivity index (χ4n) is 3.63. The number of ether oxygens (including phenoxy) is 1. The molecule has 12 heteroatoms. The van der Waals surface area contributed by atoms with Gasteiger partial charge in [0.2, 0.25) is 0 Å². The van der Waals surface area contributed by atoms with Crippen LogP contribution in [0.3, 0.4) is 0 Å². The van der Waals surface area contributed by atoms with E-state index in [1.807, 2.05) is 0 Å². The molecule has 0 radical (unpaired) electrons. The van der Waals surface area contributed by atoms with Crippen LogP contribution in [-0.2, 0) is 6.18 Å². The van der Waals surface area contributed by atoms with Crippen molar-refractivity contribution < 1.29 is 31.2 Å². The average Bonchev–Trinajstić information content (AvgIpc) is 3.41. The van der Waals surface area contributed by atoms with E-state index in [1.165, 1.54) is 29.2 Å². The van der Waals surface area contributed by atoms with Crippen LogP contribution in [0.4, 0.5) is 23.4 Å². The lowest BCUT2D eigenvalue weighted by molar-refractivity contribution is -0.140. The summed E-state index contributed by atoms with van der Waals surface area (Å²) in [5.41, 5.74) is 4.94. The monoisotopic (exact) mass is 449 g/mol. The number of amides is 1. The van der Waals surface area contributed by atoms with E-state index < -0.39 is 48.8 Å². The van der Waals surface area contributed by atoms with Crippen LogP contribution in [0.5, 0.6) is 5.75 Å². The molecule has 0 spiro atoms. The maximum absolute atomic E-state index is 14.5. The highest BCUT2D eigenvalue weighted by Crippen LogP contribution is 2.43. The molecule has 0 saturated heterocycles. The third-order valence-corrected chi connectivity index (χ3v) is 5.19. The van der Waals surface area contributed by atoms with E-state index >= 15 is 0 Å². The number of rotatable bonds is 2. The molecule has 1 atom stereocenters. The van der Waals surface area contributed by atoms with Gasteiger partial charge in [0.25, 0.3) is 5.91 Å². The molecule has 2 N–H and O–H groups in total. The quantitative estimate of drug-likeness (QED) is 0.472. The Morgan fingerprint density at radius 2 is 2.16 bits per heavy atom. The van der Waals surface area contributed by atoms with Gasteiger partial charge < -0.3 is 15.4 Å². The van der Waals surface area contributed by atoms with Crippen LogP contribution < -0.4 is 10.5 Å². The number of benzene rings is 1. The van der Waals surface area contributed by atoms with Crippen LogP contribution in [0.15, 0.2) is 36.9 Å². The number of alkyl halides is 3. The molecule has 0 bridgehead atoms. The number of fused-ring (bicyclic) bond motifs is 4. The van der Waals surface area contributed by atoms with Crippen LogP contribution >= 0.6 is 0 Å². The number of pyridine rings is 1. The summed E-state index contributed by atoms with van der Waals surface area (Å²) in [5.74, 6) is -3.33. The minimum absolute atomic E-state index is 0.167. The number of carbonyl (C=O) groups excluding carboxylic acids is 1. The average molecular weight is 449 g/mol. The molecule has 4 aromatic rings. The van der Waals surface area contributed by atoms with Gasteiger partial charge in [0.05, 0.1) is 35.8 Å². The number of halogens is 4. The molecule has 1 aliphatic rings. The summed E-state index contributed by atoms with van der Waals surface area (Å²) in [6.45, 7) is -3.62. The summed E-state index contributed by atoms with van der Waals surface area (Å²) in [6.07, 6.45) is -0.877. The number of likely N-dealkylation sites (N-methyl/N-ethyl adjacent to an activating group) is 1. The lowest BCUT2D eigenvalue weighted by atomic mass is 10.0. The first kappa shape index (κ1) is 16.7. The minimum Gasteiger partial charge on any atom is -0.488 e. The third kappa shape index (κ3) is 2.90. The number of nitrogen functional groups attached to an aromatic ring is 1. The molecule has 164 valence electrons. The van der Waals surface area contributed by atoms with Crippen LogP contribution in [0, 0.1) is 5.82 Å². The van der Waals surface area contributed by atoms with Gasteiger partial charge in [-0.15, -0.1) is 0 Å². The number of nitrogens with zero attached hydrogens (tertiary/aromatic N) is 5. The highest BCUT2D eigenvalue weighted by Gasteiger charge is 2.40. The zero-order chi connectivity index (χ0) is 25.3. The van der Waals surface area contributed by atoms with Crippen molar-refractivity contribution in [2.24, 2.45) is 0 Å². The number of anilines is 1. The molecule has 32 heavy (non-hydrogen) atoms. The predicted molar refractivity (Wildman–Crippen MR) is 104 cm³/mol. The zero-order valence-electron chi connectivity index (χ0n) is 18.9. The van der Waals surface area contributed by atoms with Gasteiger partial charge in [0.15, 0.2) is 11.6 Å². The van der Waals surface area contributed by atoms with Gasteiger partial charge in [-0.25, -0.2) is 19.3 Å². The van der Waals surface area contributed by atoms with Crippen molar-refractivity contribution in [1.29, 1.82) is 0 Å². The number of nitrogens with two attached hydrogens (primary N) is 1. The number of aromatic nitrogens is 4.